The first-order chi connectivity index (χ1) is 9.72. The van der Waals surface area contributed by atoms with Crippen LogP contribution >= 0.6 is 0 Å². The molecule has 1 rings (SSSR count). The van der Waals surface area contributed by atoms with Crippen LogP contribution < -0.4 is 4.57 Å². The van der Waals surface area contributed by atoms with Gasteiger partial charge in [0.15, 0.2) is 6.54 Å². The van der Waals surface area contributed by atoms with Crippen molar-refractivity contribution < 1.29 is 28.3 Å². The van der Waals surface area contributed by atoms with Gasteiger partial charge in [-0.05, 0) is 0 Å². The second-order valence-corrected chi connectivity index (χ2v) is 4.19. The molecule has 0 N–H and O–H groups in total. The van der Waals surface area contributed by atoms with Gasteiger partial charge < -0.3 is 18.9 Å². The van der Waals surface area contributed by atoms with E-state index in [0.29, 0.717) is 33.0 Å². The minimum atomic E-state index is -0.277. The van der Waals surface area contributed by atoms with E-state index in [4.69, 9.17) is 18.9 Å². The van der Waals surface area contributed by atoms with E-state index in [0.717, 1.165) is 0 Å². The fourth-order valence-corrected chi connectivity index (χ4v) is 1.47. The first-order valence-electron chi connectivity index (χ1n) is 6.53. The van der Waals surface area contributed by atoms with Gasteiger partial charge in [-0.25, -0.2) is 13.9 Å². The first kappa shape index (κ1) is 16.6. The summed E-state index contributed by atoms with van der Waals surface area (Å²) in [5.41, 5.74) is 0. The van der Waals surface area contributed by atoms with Gasteiger partial charge >= 0.3 is 5.97 Å². The number of aromatic nitrogens is 2. The molecule has 0 aromatic carbocycles. The van der Waals surface area contributed by atoms with E-state index in [1.165, 1.54) is 0 Å². The Morgan fingerprint density at radius 1 is 1.10 bits per heavy atom. The highest BCUT2D eigenvalue weighted by Gasteiger charge is 2.08. The van der Waals surface area contributed by atoms with Gasteiger partial charge in [-0.15, -0.1) is 0 Å². The molecule has 0 unspecified atom stereocenters. The van der Waals surface area contributed by atoms with Crippen LogP contribution in [0.25, 0.3) is 0 Å². The molecule has 0 aliphatic carbocycles. The zero-order valence-corrected chi connectivity index (χ0v) is 12.1. The van der Waals surface area contributed by atoms with Crippen molar-refractivity contribution in [3.8, 4) is 0 Å². The van der Waals surface area contributed by atoms with Crippen LogP contribution in [-0.4, -0.2) is 57.3 Å². The van der Waals surface area contributed by atoms with E-state index in [1.807, 2.05) is 30.3 Å². The van der Waals surface area contributed by atoms with Gasteiger partial charge in [0, 0.05) is 7.11 Å². The van der Waals surface area contributed by atoms with Crippen molar-refractivity contribution >= 4 is 5.97 Å². The second-order valence-electron chi connectivity index (χ2n) is 4.19. The Balaban J connectivity index is 1.92. The Bertz CT molecular complexity index is 381. The zero-order valence-electron chi connectivity index (χ0n) is 12.1. The average Bonchev–Trinajstić information content (AvgIpc) is 2.82. The maximum atomic E-state index is 11.5. The molecule has 0 atom stereocenters. The number of imidazole rings is 1. The third kappa shape index (κ3) is 7.88. The fraction of sp³-hybridized carbons (Fsp3) is 0.692. The number of hydrogen-bond acceptors (Lipinski definition) is 5. The molecule has 20 heavy (non-hydrogen) atoms. The molecule has 0 radical (unpaired) electrons. The molecule has 0 aliphatic heterocycles. The number of carbonyl (C=O) groups is 1. The molecule has 0 aliphatic rings. The lowest BCUT2D eigenvalue weighted by atomic mass is 10.6. The molecule has 7 nitrogen and oxygen atoms in total. The molecule has 1 aromatic rings. The minimum Gasteiger partial charge on any atom is -0.460 e. The molecule has 0 bridgehead atoms. The third-order valence-corrected chi connectivity index (χ3v) is 2.43. The number of rotatable bonds is 11. The normalized spacial score (nSPS) is 10.7. The maximum Gasteiger partial charge on any atom is 0.348 e. The van der Waals surface area contributed by atoms with E-state index in [9.17, 15) is 4.79 Å². The highest BCUT2D eigenvalue weighted by molar-refractivity contribution is 5.67. The van der Waals surface area contributed by atoms with Crippen LogP contribution in [0.15, 0.2) is 18.7 Å². The van der Waals surface area contributed by atoms with Gasteiger partial charge in [0.25, 0.3) is 0 Å². The molecule has 1 heterocycles. The van der Waals surface area contributed by atoms with Crippen molar-refractivity contribution in [1.82, 2.24) is 4.57 Å². The van der Waals surface area contributed by atoms with Crippen LogP contribution in [0.4, 0.5) is 0 Å². The first-order valence-corrected chi connectivity index (χ1v) is 6.53. The summed E-state index contributed by atoms with van der Waals surface area (Å²) in [6.07, 6.45) is 5.49. The summed E-state index contributed by atoms with van der Waals surface area (Å²) in [6.45, 7) is 2.97. The van der Waals surface area contributed by atoms with E-state index < -0.39 is 0 Å². The number of hydrogen-bond donors (Lipinski definition) is 0. The standard InChI is InChI=1S/C13H23N2O5/c1-14-3-4-15(12-14)11-13(16)20-10-9-19-8-7-18-6-5-17-2/h3-4,12H,5-11H2,1-2H3/q+1. The Hall–Kier alpha value is -1.44. The predicted molar refractivity (Wildman–Crippen MR) is 70.1 cm³/mol. The van der Waals surface area contributed by atoms with Gasteiger partial charge in [-0.1, -0.05) is 0 Å². The lowest BCUT2D eigenvalue weighted by molar-refractivity contribution is -0.685. The molecule has 1 aromatic heterocycles. The summed E-state index contributed by atoms with van der Waals surface area (Å²) in [6, 6.07) is 0. The van der Waals surface area contributed by atoms with E-state index in [1.54, 1.807) is 11.7 Å². The van der Waals surface area contributed by atoms with Gasteiger partial charge in [0.2, 0.25) is 6.33 Å². The van der Waals surface area contributed by atoms with Crippen molar-refractivity contribution in [3.05, 3.63) is 18.7 Å². The summed E-state index contributed by atoms with van der Waals surface area (Å²) < 4.78 is 24.0. The van der Waals surface area contributed by atoms with Crippen molar-refractivity contribution in [2.75, 3.05) is 46.8 Å². The topological polar surface area (TPSA) is 62.8 Å². The van der Waals surface area contributed by atoms with Crippen LogP contribution in [0, 0.1) is 0 Å². The SMILES string of the molecule is COCCOCCOCCOC(=O)C[n+]1ccn(C)c1. The summed E-state index contributed by atoms with van der Waals surface area (Å²) in [4.78, 5) is 11.5. The van der Waals surface area contributed by atoms with Crippen LogP contribution in [0.5, 0.6) is 0 Å². The molecular formula is C13H23N2O5+. The monoisotopic (exact) mass is 287 g/mol. The van der Waals surface area contributed by atoms with Crippen LogP contribution in [0.2, 0.25) is 0 Å². The average molecular weight is 287 g/mol. The number of ether oxygens (including phenoxy) is 4. The van der Waals surface area contributed by atoms with Crippen molar-refractivity contribution in [1.29, 1.82) is 0 Å². The van der Waals surface area contributed by atoms with E-state index >= 15 is 0 Å². The highest BCUT2D eigenvalue weighted by atomic mass is 16.6. The Kier molecular flexibility index (Phi) is 8.61. The second kappa shape index (κ2) is 10.4. The molecule has 0 fully saturated rings. The van der Waals surface area contributed by atoms with Crippen LogP contribution in [0.3, 0.4) is 0 Å². The lowest BCUT2D eigenvalue weighted by Gasteiger charge is -2.06. The van der Waals surface area contributed by atoms with E-state index in [2.05, 4.69) is 0 Å². The Morgan fingerprint density at radius 2 is 1.75 bits per heavy atom. The van der Waals surface area contributed by atoms with Crippen LogP contribution in [-0.2, 0) is 37.3 Å². The van der Waals surface area contributed by atoms with E-state index in [-0.39, 0.29) is 19.1 Å². The molecule has 0 saturated carbocycles. The van der Waals surface area contributed by atoms with Crippen LogP contribution in [0.1, 0.15) is 0 Å². The highest BCUT2D eigenvalue weighted by Crippen LogP contribution is 1.84. The molecule has 0 amide bonds. The fourth-order valence-electron chi connectivity index (χ4n) is 1.47. The summed E-state index contributed by atoms with van der Waals surface area (Å²) >= 11 is 0. The lowest BCUT2D eigenvalue weighted by Crippen LogP contribution is -2.36. The quantitative estimate of drug-likeness (QED) is 0.313. The number of methoxy groups -OCH3 is 1. The van der Waals surface area contributed by atoms with Gasteiger partial charge in [0.05, 0.1) is 40.1 Å². The molecule has 114 valence electrons. The van der Waals surface area contributed by atoms with Gasteiger partial charge in [-0.3, -0.25) is 0 Å². The molecular weight excluding hydrogens is 264 g/mol. The minimum absolute atomic E-state index is 0.209. The van der Waals surface area contributed by atoms with Gasteiger partial charge in [0.1, 0.15) is 19.0 Å². The number of nitrogens with zero attached hydrogens (tertiary/aromatic N) is 2. The number of esters is 1. The van der Waals surface area contributed by atoms with Crippen molar-refractivity contribution in [2.45, 2.75) is 6.54 Å². The third-order valence-electron chi connectivity index (χ3n) is 2.43. The predicted octanol–water partition coefficient (Wildman–Crippen LogP) is -0.465. The number of aryl methyl sites for hydroxylation is 1. The zero-order chi connectivity index (χ0) is 14.6. The summed E-state index contributed by atoms with van der Waals surface area (Å²) in [5.74, 6) is -0.277. The molecule has 7 heteroatoms. The van der Waals surface area contributed by atoms with Crippen molar-refractivity contribution in [2.24, 2.45) is 7.05 Å². The maximum absolute atomic E-state index is 11.5. The smallest absolute Gasteiger partial charge is 0.348 e. The number of carbonyl (C=O) groups excluding carboxylic acids is 1. The molecule has 0 spiro atoms. The summed E-state index contributed by atoms with van der Waals surface area (Å²) in [5, 5.41) is 0. The largest absolute Gasteiger partial charge is 0.460 e. The van der Waals surface area contributed by atoms with Gasteiger partial charge in [-0.2, -0.15) is 0 Å². The molecule has 0 saturated heterocycles. The Labute approximate surface area is 119 Å². The van der Waals surface area contributed by atoms with Crippen molar-refractivity contribution in [3.63, 3.8) is 0 Å². The Morgan fingerprint density at radius 3 is 2.35 bits per heavy atom. The summed E-state index contributed by atoms with van der Waals surface area (Å²) in [7, 11) is 3.52.